The number of ether oxygens (including phenoxy) is 3. The summed E-state index contributed by atoms with van der Waals surface area (Å²) in [4.78, 5) is 13.3. The average molecular weight is 371 g/mol. The Morgan fingerprint density at radius 2 is 2.04 bits per heavy atom. The Labute approximate surface area is 159 Å². The molecule has 2 aromatic rings. The summed E-state index contributed by atoms with van der Waals surface area (Å²) in [5.74, 6) is 2.11. The van der Waals surface area contributed by atoms with E-state index in [-0.39, 0.29) is 18.9 Å². The van der Waals surface area contributed by atoms with Crippen molar-refractivity contribution in [2.45, 2.75) is 26.5 Å². The van der Waals surface area contributed by atoms with E-state index in [4.69, 9.17) is 19.9 Å². The third-order valence-electron chi connectivity index (χ3n) is 4.50. The lowest BCUT2D eigenvalue weighted by atomic mass is 10.1. The highest BCUT2D eigenvalue weighted by atomic mass is 16.7. The topological polar surface area (TPSA) is 86.1 Å². The number of carbonyl (C=O) groups is 1. The smallest absolute Gasteiger partial charge is 0.317 e. The van der Waals surface area contributed by atoms with Crippen LogP contribution < -0.4 is 25.3 Å². The molecular formula is C20H25N3O4. The monoisotopic (exact) mass is 371 g/mol. The summed E-state index contributed by atoms with van der Waals surface area (Å²) in [6.07, 6.45) is -0.208. The third kappa shape index (κ3) is 4.02. The first-order valence-electron chi connectivity index (χ1n) is 8.77. The summed E-state index contributed by atoms with van der Waals surface area (Å²) >= 11 is 0. The first kappa shape index (κ1) is 18.7. The zero-order chi connectivity index (χ0) is 19.6. The van der Waals surface area contributed by atoms with Crippen LogP contribution in [0.25, 0.3) is 0 Å². The summed E-state index contributed by atoms with van der Waals surface area (Å²) < 4.78 is 16.9. The number of nitrogens with one attached hydrogen (secondary N) is 1. The molecule has 3 N–H and O–H groups in total. The van der Waals surface area contributed by atoms with E-state index < -0.39 is 0 Å². The number of hydrogen-bond acceptors (Lipinski definition) is 5. The SMILES string of the molecule is CNC(=O)N(C)Cc1cc(C)c(OC(C)c2ccc3c(c2)OCO3)c(N)c1. The second-order valence-electron chi connectivity index (χ2n) is 6.62. The Morgan fingerprint density at radius 1 is 1.30 bits per heavy atom. The Balaban J connectivity index is 1.76. The molecule has 2 aromatic carbocycles. The van der Waals surface area contributed by atoms with Gasteiger partial charge in [0.1, 0.15) is 11.9 Å². The van der Waals surface area contributed by atoms with Crippen LogP contribution >= 0.6 is 0 Å². The van der Waals surface area contributed by atoms with E-state index in [2.05, 4.69) is 5.32 Å². The van der Waals surface area contributed by atoms with Gasteiger partial charge in [0.25, 0.3) is 0 Å². The van der Waals surface area contributed by atoms with Crippen LogP contribution in [0, 0.1) is 6.92 Å². The lowest BCUT2D eigenvalue weighted by Crippen LogP contribution is -2.34. The van der Waals surface area contributed by atoms with Gasteiger partial charge >= 0.3 is 6.03 Å². The Kier molecular flexibility index (Phi) is 5.30. The van der Waals surface area contributed by atoms with Crippen molar-refractivity contribution in [3.05, 3.63) is 47.0 Å². The van der Waals surface area contributed by atoms with Gasteiger partial charge in [0.2, 0.25) is 6.79 Å². The Bertz CT molecular complexity index is 830. The van der Waals surface area contributed by atoms with E-state index in [1.165, 1.54) is 0 Å². The zero-order valence-corrected chi connectivity index (χ0v) is 16.0. The maximum atomic E-state index is 11.7. The van der Waals surface area contributed by atoms with Gasteiger partial charge in [-0.05, 0) is 48.7 Å². The number of hydrogen-bond donors (Lipinski definition) is 2. The number of urea groups is 1. The van der Waals surface area contributed by atoms with Gasteiger partial charge in [0.05, 0.1) is 5.69 Å². The van der Waals surface area contributed by atoms with Gasteiger partial charge in [-0.15, -0.1) is 0 Å². The lowest BCUT2D eigenvalue weighted by Gasteiger charge is -2.21. The molecule has 0 spiro atoms. The van der Waals surface area contributed by atoms with Crippen LogP contribution in [-0.2, 0) is 6.54 Å². The van der Waals surface area contributed by atoms with E-state index >= 15 is 0 Å². The molecular weight excluding hydrogens is 346 g/mol. The normalized spacial score (nSPS) is 13.2. The quantitative estimate of drug-likeness (QED) is 0.788. The second-order valence-corrected chi connectivity index (χ2v) is 6.62. The zero-order valence-electron chi connectivity index (χ0n) is 16.0. The minimum Gasteiger partial charge on any atom is -0.484 e. The Hall–Kier alpha value is -3.09. The predicted molar refractivity (Wildman–Crippen MR) is 103 cm³/mol. The number of nitrogens with zero attached hydrogens (tertiary/aromatic N) is 1. The first-order chi connectivity index (χ1) is 12.9. The molecule has 0 bridgehead atoms. The fourth-order valence-electron chi connectivity index (χ4n) is 3.08. The largest absolute Gasteiger partial charge is 0.484 e. The van der Waals surface area contributed by atoms with Gasteiger partial charge in [-0.25, -0.2) is 4.79 Å². The fraction of sp³-hybridized carbons (Fsp3) is 0.350. The van der Waals surface area contributed by atoms with Gasteiger partial charge in [-0.2, -0.15) is 0 Å². The van der Waals surface area contributed by atoms with Gasteiger partial charge < -0.3 is 30.2 Å². The number of carbonyl (C=O) groups excluding carboxylic acids is 1. The molecule has 1 unspecified atom stereocenters. The van der Waals surface area contributed by atoms with Crippen LogP contribution in [0.2, 0.25) is 0 Å². The maximum Gasteiger partial charge on any atom is 0.317 e. The summed E-state index contributed by atoms with van der Waals surface area (Å²) in [5.41, 5.74) is 9.62. The number of fused-ring (bicyclic) bond motifs is 1. The molecule has 0 aliphatic carbocycles. The van der Waals surface area contributed by atoms with Crippen LogP contribution in [0.4, 0.5) is 10.5 Å². The van der Waals surface area contributed by atoms with Crippen molar-refractivity contribution >= 4 is 11.7 Å². The van der Waals surface area contributed by atoms with Crippen molar-refractivity contribution < 1.29 is 19.0 Å². The minimum absolute atomic E-state index is 0.150. The van der Waals surface area contributed by atoms with Crippen LogP contribution in [0.5, 0.6) is 17.2 Å². The van der Waals surface area contributed by atoms with E-state index in [1.807, 2.05) is 44.2 Å². The van der Waals surface area contributed by atoms with Crippen molar-refractivity contribution in [2.24, 2.45) is 0 Å². The number of rotatable bonds is 5. The molecule has 27 heavy (non-hydrogen) atoms. The number of amides is 2. The molecule has 7 nitrogen and oxygen atoms in total. The van der Waals surface area contributed by atoms with E-state index in [1.54, 1.807) is 19.0 Å². The number of nitrogen functional groups attached to an aromatic ring is 1. The molecule has 7 heteroatoms. The third-order valence-corrected chi connectivity index (χ3v) is 4.50. The van der Waals surface area contributed by atoms with Gasteiger partial charge in [0.15, 0.2) is 11.5 Å². The average Bonchev–Trinajstić information content (AvgIpc) is 3.11. The molecule has 0 saturated carbocycles. The second kappa shape index (κ2) is 7.65. The summed E-state index contributed by atoms with van der Waals surface area (Å²) in [5, 5.41) is 2.60. The minimum atomic E-state index is -0.208. The molecule has 3 rings (SSSR count). The summed E-state index contributed by atoms with van der Waals surface area (Å²) in [6, 6.07) is 9.43. The Morgan fingerprint density at radius 3 is 2.74 bits per heavy atom. The van der Waals surface area contributed by atoms with Crippen molar-refractivity contribution in [3.63, 3.8) is 0 Å². The van der Waals surface area contributed by atoms with Crippen LogP contribution in [0.3, 0.4) is 0 Å². The van der Waals surface area contributed by atoms with Gasteiger partial charge in [0, 0.05) is 20.6 Å². The molecule has 1 aliphatic rings. The van der Waals surface area contributed by atoms with Crippen molar-refractivity contribution in [1.29, 1.82) is 0 Å². The highest BCUT2D eigenvalue weighted by Crippen LogP contribution is 2.37. The lowest BCUT2D eigenvalue weighted by molar-refractivity contribution is 0.173. The molecule has 1 heterocycles. The summed E-state index contributed by atoms with van der Waals surface area (Å²) in [6.45, 7) is 4.61. The number of nitrogens with two attached hydrogens (primary N) is 1. The maximum absolute atomic E-state index is 11.7. The van der Waals surface area contributed by atoms with Crippen LogP contribution in [0.1, 0.15) is 29.7 Å². The molecule has 1 atom stereocenters. The van der Waals surface area contributed by atoms with Crippen molar-refractivity contribution in [3.8, 4) is 17.2 Å². The molecule has 144 valence electrons. The van der Waals surface area contributed by atoms with Crippen LogP contribution in [-0.4, -0.2) is 31.8 Å². The fourth-order valence-corrected chi connectivity index (χ4v) is 3.08. The molecule has 2 amide bonds. The van der Waals surface area contributed by atoms with E-state index in [9.17, 15) is 4.79 Å². The van der Waals surface area contributed by atoms with Gasteiger partial charge in [-0.1, -0.05) is 12.1 Å². The molecule has 0 aromatic heterocycles. The molecule has 0 radical (unpaired) electrons. The summed E-state index contributed by atoms with van der Waals surface area (Å²) in [7, 11) is 3.34. The van der Waals surface area contributed by atoms with Crippen molar-refractivity contribution in [1.82, 2.24) is 10.2 Å². The van der Waals surface area contributed by atoms with Gasteiger partial charge in [-0.3, -0.25) is 0 Å². The molecule has 0 fully saturated rings. The number of benzene rings is 2. The predicted octanol–water partition coefficient (Wildman–Crippen LogP) is 3.22. The molecule has 0 saturated heterocycles. The number of anilines is 1. The van der Waals surface area contributed by atoms with Crippen molar-refractivity contribution in [2.75, 3.05) is 26.6 Å². The highest BCUT2D eigenvalue weighted by molar-refractivity contribution is 5.73. The standard InChI is InChI=1S/C20H25N3O4/c1-12-7-14(10-23(4)20(24)22-3)8-16(21)19(12)27-13(2)15-5-6-17-18(9-15)26-11-25-17/h5-9,13H,10-11,21H2,1-4H3,(H,22,24). The first-order valence-corrected chi connectivity index (χ1v) is 8.77. The molecule has 1 aliphatic heterocycles. The van der Waals surface area contributed by atoms with E-state index in [0.717, 1.165) is 28.2 Å². The number of aryl methyl sites for hydroxylation is 1. The van der Waals surface area contributed by atoms with Crippen LogP contribution in [0.15, 0.2) is 30.3 Å². The highest BCUT2D eigenvalue weighted by Gasteiger charge is 2.18. The van der Waals surface area contributed by atoms with E-state index in [0.29, 0.717) is 18.0 Å².